The van der Waals surface area contributed by atoms with Gasteiger partial charge in [-0.05, 0) is 80.3 Å². The highest BCUT2D eigenvalue weighted by Gasteiger charge is 2.24. The molecule has 0 aliphatic carbocycles. The van der Waals surface area contributed by atoms with Crippen LogP contribution < -0.4 is 0 Å². The summed E-state index contributed by atoms with van der Waals surface area (Å²) in [6.45, 7) is 15.7. The summed E-state index contributed by atoms with van der Waals surface area (Å²) in [5.74, 6) is 0. The number of hydrogen-bond acceptors (Lipinski definition) is 0. The van der Waals surface area contributed by atoms with Crippen molar-refractivity contribution in [3.05, 3.63) is 109 Å². The summed E-state index contributed by atoms with van der Waals surface area (Å²) in [5.41, 5.74) is 7.82. The van der Waals surface area contributed by atoms with Gasteiger partial charge in [0.25, 0.3) is 0 Å². The summed E-state index contributed by atoms with van der Waals surface area (Å²) < 4.78 is 0. The van der Waals surface area contributed by atoms with Crippen molar-refractivity contribution in [3.8, 4) is 22.3 Å². The fourth-order valence-electron chi connectivity index (χ4n) is 4.83. The summed E-state index contributed by atoms with van der Waals surface area (Å²) in [4.78, 5) is 0. The van der Waals surface area contributed by atoms with E-state index in [-0.39, 0.29) is 10.8 Å². The Balaban J connectivity index is 2.16. The van der Waals surface area contributed by atoms with Crippen molar-refractivity contribution in [2.75, 3.05) is 0 Å². The van der Waals surface area contributed by atoms with Crippen LogP contribution >= 0.6 is 0 Å². The van der Waals surface area contributed by atoms with Gasteiger partial charge in [-0.25, -0.2) is 0 Å². The Bertz CT molecular complexity index is 1260. The summed E-state index contributed by atoms with van der Waals surface area (Å²) in [5, 5.41) is 2.63. The molecule has 0 aromatic heterocycles. The van der Waals surface area contributed by atoms with Crippen molar-refractivity contribution < 1.29 is 0 Å². The van der Waals surface area contributed by atoms with Crippen LogP contribution in [0, 0.1) is 0 Å². The van der Waals surface area contributed by atoms with E-state index in [1.807, 2.05) is 0 Å². The van der Waals surface area contributed by atoms with Gasteiger partial charge < -0.3 is 0 Å². The molecule has 4 rings (SSSR count). The van der Waals surface area contributed by atoms with E-state index in [1.54, 1.807) is 0 Å². The summed E-state index contributed by atoms with van der Waals surface area (Å²) in [7, 11) is 0. The van der Waals surface area contributed by atoms with E-state index in [9.17, 15) is 0 Å². The number of fused-ring (bicyclic) bond motifs is 1. The van der Waals surface area contributed by atoms with Crippen LogP contribution in [-0.2, 0) is 10.8 Å². The average Bonchev–Trinajstić information content (AvgIpc) is 2.83. The minimum absolute atomic E-state index is 0.111. The van der Waals surface area contributed by atoms with E-state index >= 15 is 0 Å². The smallest absolute Gasteiger partial charge is 0.00731 e. The van der Waals surface area contributed by atoms with Crippen molar-refractivity contribution in [2.45, 2.75) is 58.3 Å². The zero-order chi connectivity index (χ0) is 23.6. The molecule has 168 valence electrons. The van der Waals surface area contributed by atoms with Gasteiger partial charge in [0, 0.05) is 5.41 Å². The SMILES string of the molecule is C=CC(C)(C)c1cc(-c2ccccc2)c2cc(C(C)(C)CCC)cc(-c3ccccc3)c2c1. The maximum absolute atomic E-state index is 4.14. The molecule has 0 aliphatic heterocycles. The van der Waals surface area contributed by atoms with Gasteiger partial charge in [-0.15, -0.1) is 6.58 Å². The Labute approximate surface area is 200 Å². The normalized spacial score (nSPS) is 12.2. The predicted octanol–water partition coefficient (Wildman–Crippen LogP) is 9.72. The van der Waals surface area contributed by atoms with Crippen LogP contribution in [0.4, 0.5) is 0 Å². The molecule has 4 aromatic rings. The Kier molecular flexibility index (Phi) is 6.30. The lowest BCUT2D eigenvalue weighted by molar-refractivity contribution is 0.474. The third kappa shape index (κ3) is 4.53. The van der Waals surface area contributed by atoms with Gasteiger partial charge in [0.1, 0.15) is 0 Å². The van der Waals surface area contributed by atoms with Crippen molar-refractivity contribution in [1.82, 2.24) is 0 Å². The highest BCUT2D eigenvalue weighted by molar-refractivity contribution is 6.05. The van der Waals surface area contributed by atoms with Crippen molar-refractivity contribution >= 4 is 10.8 Å². The average molecular weight is 433 g/mol. The zero-order valence-electron chi connectivity index (χ0n) is 20.8. The lowest BCUT2D eigenvalue weighted by atomic mass is 9.76. The van der Waals surface area contributed by atoms with Crippen LogP contribution in [0.2, 0.25) is 0 Å². The predicted molar refractivity (Wildman–Crippen MR) is 146 cm³/mol. The van der Waals surface area contributed by atoms with Gasteiger partial charge in [-0.1, -0.05) is 108 Å². The summed E-state index contributed by atoms with van der Waals surface area (Å²) in [6.07, 6.45) is 4.39. The molecule has 0 fully saturated rings. The highest BCUT2D eigenvalue weighted by Crippen LogP contribution is 2.42. The molecule has 0 heteroatoms. The maximum atomic E-state index is 4.14. The van der Waals surface area contributed by atoms with E-state index in [4.69, 9.17) is 0 Å². The van der Waals surface area contributed by atoms with E-state index in [0.29, 0.717) is 0 Å². The first-order chi connectivity index (χ1) is 15.8. The molecule has 0 bridgehead atoms. The first kappa shape index (κ1) is 23.1. The topological polar surface area (TPSA) is 0 Å². The number of rotatable bonds is 7. The van der Waals surface area contributed by atoms with E-state index in [0.717, 1.165) is 6.42 Å². The Morgan fingerprint density at radius 2 is 1.12 bits per heavy atom. The monoisotopic (exact) mass is 432 g/mol. The van der Waals surface area contributed by atoms with Crippen LogP contribution in [0.5, 0.6) is 0 Å². The molecule has 0 nitrogen and oxygen atoms in total. The number of hydrogen-bond donors (Lipinski definition) is 0. The van der Waals surface area contributed by atoms with Crippen LogP contribution in [-0.4, -0.2) is 0 Å². The molecule has 0 N–H and O–H groups in total. The Morgan fingerprint density at radius 3 is 1.58 bits per heavy atom. The van der Waals surface area contributed by atoms with Gasteiger partial charge in [-0.3, -0.25) is 0 Å². The van der Waals surface area contributed by atoms with Crippen LogP contribution in [0.25, 0.3) is 33.0 Å². The number of allylic oxidation sites excluding steroid dienone is 1. The summed E-state index contributed by atoms with van der Waals surface area (Å²) in [6, 6.07) is 31.3. The van der Waals surface area contributed by atoms with Gasteiger partial charge in [0.05, 0.1) is 0 Å². The second-order valence-electron chi connectivity index (χ2n) is 10.4. The second kappa shape index (κ2) is 9.02. The molecule has 0 unspecified atom stereocenters. The highest BCUT2D eigenvalue weighted by atomic mass is 14.3. The molecular weight excluding hydrogens is 396 g/mol. The molecule has 0 radical (unpaired) electrons. The van der Waals surface area contributed by atoms with Gasteiger partial charge >= 0.3 is 0 Å². The van der Waals surface area contributed by atoms with Crippen LogP contribution in [0.3, 0.4) is 0 Å². The third-order valence-corrected chi connectivity index (χ3v) is 7.15. The molecule has 0 amide bonds. The molecule has 0 atom stereocenters. The fraction of sp³-hybridized carbons (Fsp3) is 0.273. The molecule has 0 heterocycles. The van der Waals surface area contributed by atoms with Crippen molar-refractivity contribution in [3.63, 3.8) is 0 Å². The van der Waals surface area contributed by atoms with Gasteiger partial charge in [-0.2, -0.15) is 0 Å². The Morgan fingerprint density at radius 1 is 0.667 bits per heavy atom. The fourth-order valence-corrected chi connectivity index (χ4v) is 4.83. The minimum Gasteiger partial charge on any atom is -0.102 e. The van der Waals surface area contributed by atoms with Crippen LogP contribution in [0.1, 0.15) is 58.6 Å². The molecule has 0 spiro atoms. The summed E-state index contributed by atoms with van der Waals surface area (Å²) >= 11 is 0. The maximum Gasteiger partial charge on any atom is 0.00731 e. The van der Waals surface area contributed by atoms with Gasteiger partial charge in [0.2, 0.25) is 0 Å². The lowest BCUT2D eigenvalue weighted by Crippen LogP contribution is -2.17. The lowest BCUT2D eigenvalue weighted by Gasteiger charge is -2.28. The second-order valence-corrected chi connectivity index (χ2v) is 10.4. The van der Waals surface area contributed by atoms with Crippen molar-refractivity contribution in [1.29, 1.82) is 0 Å². The molecule has 4 aromatic carbocycles. The third-order valence-electron chi connectivity index (χ3n) is 7.15. The molecule has 33 heavy (non-hydrogen) atoms. The first-order valence-electron chi connectivity index (χ1n) is 12.1. The first-order valence-corrected chi connectivity index (χ1v) is 12.1. The molecule has 0 aliphatic rings. The molecule has 0 saturated heterocycles. The van der Waals surface area contributed by atoms with E-state index in [2.05, 4.69) is 132 Å². The van der Waals surface area contributed by atoms with E-state index < -0.39 is 0 Å². The van der Waals surface area contributed by atoms with Crippen LogP contribution in [0.15, 0.2) is 97.6 Å². The zero-order valence-corrected chi connectivity index (χ0v) is 20.8. The standard InChI is InChI=1S/C33H36/c1-7-19-33(5,6)27-21-29(25-17-13-10-14-18-25)30-22-26(32(3,4)8-2)20-28(31(30)23-27)24-15-11-9-12-16-24/h8-18,20-23H,2,7,19H2,1,3-6H3. The molecule has 0 saturated carbocycles. The largest absolute Gasteiger partial charge is 0.102 e. The van der Waals surface area contributed by atoms with E-state index in [1.165, 1.54) is 50.6 Å². The van der Waals surface area contributed by atoms with Gasteiger partial charge in [0.15, 0.2) is 0 Å². The quantitative estimate of drug-likeness (QED) is 0.255. The Hall–Kier alpha value is -3.12. The number of benzene rings is 4. The van der Waals surface area contributed by atoms with Crippen molar-refractivity contribution in [2.24, 2.45) is 0 Å². The minimum atomic E-state index is -0.119. The molecular formula is C33H36.